The maximum absolute atomic E-state index is 11.6. The molecule has 0 aliphatic carbocycles. The zero-order valence-corrected chi connectivity index (χ0v) is 14.3. The van der Waals surface area contributed by atoms with Gasteiger partial charge in [0.1, 0.15) is 0 Å². The van der Waals surface area contributed by atoms with Gasteiger partial charge in [-0.3, -0.25) is 9.69 Å². The van der Waals surface area contributed by atoms with Gasteiger partial charge >= 0.3 is 5.97 Å². The van der Waals surface area contributed by atoms with E-state index in [0.29, 0.717) is 12.5 Å². The van der Waals surface area contributed by atoms with Crippen LogP contribution in [0.15, 0.2) is 5.38 Å². The first kappa shape index (κ1) is 16.4. The summed E-state index contributed by atoms with van der Waals surface area (Å²) in [7, 11) is 1.46. The largest absolute Gasteiger partial charge is 0.469 e. The van der Waals surface area contributed by atoms with Crippen molar-refractivity contribution < 1.29 is 9.53 Å². The molecule has 1 aromatic rings. The molecule has 0 amide bonds. The minimum Gasteiger partial charge on any atom is -0.469 e. The van der Waals surface area contributed by atoms with Crippen LogP contribution in [0.5, 0.6) is 0 Å². The van der Waals surface area contributed by atoms with Crippen molar-refractivity contribution in [3.05, 3.63) is 16.1 Å². The van der Waals surface area contributed by atoms with Gasteiger partial charge in [-0.15, -0.1) is 11.3 Å². The molecule has 1 unspecified atom stereocenters. The summed E-state index contributed by atoms with van der Waals surface area (Å²) in [4.78, 5) is 18.7. The van der Waals surface area contributed by atoms with Crippen molar-refractivity contribution in [2.24, 2.45) is 0 Å². The Kier molecular flexibility index (Phi) is 5.38. The normalized spacial score (nSPS) is 20.5. The molecule has 0 N–H and O–H groups in total. The number of hydrogen-bond acceptors (Lipinski definition) is 5. The molecule has 2 heterocycles. The minimum absolute atomic E-state index is 0.107. The maximum Gasteiger partial charge on any atom is 0.307 e. The SMILES string of the molecule is COC(=O)CC1CCCCN1Cc1csc(C(C)(C)C)n1. The van der Waals surface area contributed by atoms with Crippen molar-refractivity contribution in [3.63, 3.8) is 0 Å². The van der Waals surface area contributed by atoms with Crippen molar-refractivity contribution >= 4 is 17.3 Å². The number of nitrogens with zero attached hydrogens (tertiary/aromatic N) is 2. The Balaban J connectivity index is 2.02. The summed E-state index contributed by atoms with van der Waals surface area (Å²) in [5.74, 6) is -0.111. The lowest BCUT2D eigenvalue weighted by atomic mass is 9.98. The van der Waals surface area contributed by atoms with Gasteiger partial charge in [0.2, 0.25) is 0 Å². The maximum atomic E-state index is 11.6. The van der Waals surface area contributed by atoms with Crippen LogP contribution in [0.25, 0.3) is 0 Å². The lowest BCUT2D eigenvalue weighted by molar-refractivity contribution is -0.142. The number of methoxy groups -OCH3 is 1. The molecule has 1 aliphatic rings. The Bertz CT molecular complexity index is 479. The molecule has 1 saturated heterocycles. The molecule has 0 spiro atoms. The van der Waals surface area contributed by atoms with E-state index in [1.54, 1.807) is 11.3 Å². The van der Waals surface area contributed by atoms with Crippen LogP contribution in [0.4, 0.5) is 0 Å². The second kappa shape index (κ2) is 6.88. The van der Waals surface area contributed by atoms with Crippen LogP contribution < -0.4 is 0 Å². The number of aromatic nitrogens is 1. The molecule has 1 atom stereocenters. The van der Waals surface area contributed by atoms with Crippen LogP contribution in [0.3, 0.4) is 0 Å². The average molecular weight is 310 g/mol. The number of rotatable bonds is 4. The number of esters is 1. The minimum atomic E-state index is -0.111. The zero-order valence-electron chi connectivity index (χ0n) is 13.5. The smallest absolute Gasteiger partial charge is 0.307 e. The van der Waals surface area contributed by atoms with Gasteiger partial charge in [-0.2, -0.15) is 0 Å². The summed E-state index contributed by atoms with van der Waals surface area (Å²) >= 11 is 1.74. The van der Waals surface area contributed by atoms with Gasteiger partial charge in [-0.05, 0) is 19.4 Å². The molecule has 1 aliphatic heterocycles. The van der Waals surface area contributed by atoms with Crippen LogP contribution in [-0.2, 0) is 21.5 Å². The van der Waals surface area contributed by atoms with Crippen LogP contribution in [0.2, 0.25) is 0 Å². The number of carbonyl (C=O) groups excluding carboxylic acids is 1. The van der Waals surface area contributed by atoms with Crippen molar-refractivity contribution in [2.75, 3.05) is 13.7 Å². The van der Waals surface area contributed by atoms with E-state index in [1.807, 2.05) is 0 Å². The highest BCUT2D eigenvalue weighted by Crippen LogP contribution is 2.27. The number of thiazole rings is 1. The van der Waals surface area contributed by atoms with Crippen LogP contribution in [-0.4, -0.2) is 35.5 Å². The predicted octanol–water partition coefficient (Wildman–Crippen LogP) is 3.36. The second-order valence-electron chi connectivity index (χ2n) is 6.79. The van der Waals surface area contributed by atoms with Gasteiger partial charge in [0.05, 0.1) is 24.2 Å². The number of likely N-dealkylation sites (tertiary alicyclic amines) is 1. The number of carbonyl (C=O) groups is 1. The van der Waals surface area contributed by atoms with Gasteiger partial charge in [-0.1, -0.05) is 27.2 Å². The van der Waals surface area contributed by atoms with E-state index in [1.165, 1.54) is 25.0 Å². The average Bonchev–Trinajstić information content (AvgIpc) is 2.89. The van der Waals surface area contributed by atoms with E-state index in [9.17, 15) is 4.79 Å². The predicted molar refractivity (Wildman–Crippen MR) is 85.5 cm³/mol. The molecule has 0 radical (unpaired) electrons. The van der Waals surface area contributed by atoms with Gasteiger partial charge in [0, 0.05) is 23.4 Å². The van der Waals surface area contributed by atoms with Crippen molar-refractivity contribution in [1.82, 2.24) is 9.88 Å². The molecule has 2 rings (SSSR count). The Morgan fingerprint density at radius 1 is 1.48 bits per heavy atom. The number of hydrogen-bond donors (Lipinski definition) is 0. The molecule has 4 nitrogen and oxygen atoms in total. The Morgan fingerprint density at radius 3 is 2.86 bits per heavy atom. The van der Waals surface area contributed by atoms with E-state index in [0.717, 1.165) is 25.2 Å². The first-order valence-corrected chi connectivity index (χ1v) is 8.54. The summed E-state index contributed by atoms with van der Waals surface area (Å²) in [5, 5.41) is 3.34. The highest BCUT2D eigenvalue weighted by Gasteiger charge is 2.26. The van der Waals surface area contributed by atoms with E-state index >= 15 is 0 Å². The Morgan fingerprint density at radius 2 is 2.24 bits per heavy atom. The summed E-state index contributed by atoms with van der Waals surface area (Å²) in [6, 6.07) is 0.297. The van der Waals surface area contributed by atoms with Crippen molar-refractivity contribution in [1.29, 1.82) is 0 Å². The van der Waals surface area contributed by atoms with Gasteiger partial charge in [-0.25, -0.2) is 4.98 Å². The molecular formula is C16H26N2O2S. The molecule has 21 heavy (non-hydrogen) atoms. The standard InChI is InChI=1S/C16H26N2O2S/c1-16(2,3)15-17-12(11-21-15)10-18-8-6-5-7-13(18)9-14(19)20-4/h11,13H,5-10H2,1-4H3. The fourth-order valence-electron chi connectivity index (χ4n) is 2.71. The first-order valence-electron chi connectivity index (χ1n) is 7.66. The van der Waals surface area contributed by atoms with Crippen LogP contribution in [0, 0.1) is 0 Å². The van der Waals surface area contributed by atoms with Crippen LogP contribution >= 0.6 is 11.3 Å². The van der Waals surface area contributed by atoms with Gasteiger partial charge in [0.25, 0.3) is 0 Å². The molecule has 0 aromatic carbocycles. The van der Waals surface area contributed by atoms with E-state index < -0.39 is 0 Å². The fraction of sp³-hybridized carbons (Fsp3) is 0.750. The topological polar surface area (TPSA) is 42.4 Å². The van der Waals surface area contributed by atoms with Crippen LogP contribution in [0.1, 0.15) is 57.2 Å². The second-order valence-corrected chi connectivity index (χ2v) is 7.65. The lowest BCUT2D eigenvalue weighted by Gasteiger charge is -2.34. The molecular weight excluding hydrogens is 284 g/mol. The quantitative estimate of drug-likeness (QED) is 0.800. The molecule has 118 valence electrons. The highest BCUT2D eigenvalue weighted by atomic mass is 32.1. The third-order valence-electron chi connectivity index (χ3n) is 3.94. The van der Waals surface area contributed by atoms with Gasteiger partial charge in [0.15, 0.2) is 0 Å². The van der Waals surface area contributed by atoms with Crippen molar-refractivity contribution in [2.45, 2.75) is 64.5 Å². The first-order chi connectivity index (χ1) is 9.90. The lowest BCUT2D eigenvalue weighted by Crippen LogP contribution is -2.40. The monoisotopic (exact) mass is 310 g/mol. The number of piperidine rings is 1. The van der Waals surface area contributed by atoms with Crippen molar-refractivity contribution in [3.8, 4) is 0 Å². The molecule has 1 fully saturated rings. The zero-order chi connectivity index (χ0) is 15.5. The summed E-state index contributed by atoms with van der Waals surface area (Å²) in [6.07, 6.45) is 3.97. The Labute approximate surface area is 131 Å². The molecule has 0 bridgehead atoms. The molecule has 0 saturated carbocycles. The molecule has 1 aromatic heterocycles. The highest BCUT2D eigenvalue weighted by molar-refractivity contribution is 7.09. The summed E-state index contributed by atoms with van der Waals surface area (Å²) in [5.41, 5.74) is 1.23. The van der Waals surface area contributed by atoms with E-state index in [2.05, 4.69) is 31.1 Å². The number of ether oxygens (including phenoxy) is 1. The fourth-order valence-corrected chi connectivity index (χ4v) is 3.61. The molecule has 5 heteroatoms. The van der Waals surface area contributed by atoms with E-state index in [-0.39, 0.29) is 11.4 Å². The Hall–Kier alpha value is -0.940. The van der Waals surface area contributed by atoms with Gasteiger partial charge < -0.3 is 4.74 Å². The van der Waals surface area contributed by atoms with E-state index in [4.69, 9.17) is 9.72 Å². The summed E-state index contributed by atoms with van der Waals surface area (Å²) in [6.45, 7) is 8.46. The summed E-state index contributed by atoms with van der Waals surface area (Å²) < 4.78 is 4.82. The third-order valence-corrected chi connectivity index (χ3v) is 5.25. The third kappa shape index (κ3) is 4.51.